The molecule has 0 spiro atoms. The maximum Gasteiger partial charge on any atom is 0.186 e. The molecule has 0 unspecified atom stereocenters. The van der Waals surface area contributed by atoms with Gasteiger partial charge in [0.15, 0.2) is 5.78 Å². The average molecular weight is 347 g/mol. The molecular formula is C19H22O2S2. The molecule has 4 heteroatoms. The molecule has 1 aromatic carbocycles. The van der Waals surface area contributed by atoms with E-state index < -0.39 is 0 Å². The van der Waals surface area contributed by atoms with Crippen LogP contribution in [0.3, 0.4) is 0 Å². The molecule has 2 fully saturated rings. The van der Waals surface area contributed by atoms with Crippen molar-refractivity contribution in [2.75, 3.05) is 18.6 Å². The summed E-state index contributed by atoms with van der Waals surface area (Å²) in [6.45, 7) is 0. The van der Waals surface area contributed by atoms with Crippen LogP contribution in [0.1, 0.15) is 37.7 Å². The number of Topliss-reactive ketones (excluding diaryl/α,β-unsaturated/α-hetero) is 1. The molecule has 1 saturated carbocycles. The molecule has 0 amide bonds. The van der Waals surface area contributed by atoms with Crippen molar-refractivity contribution in [1.82, 2.24) is 0 Å². The zero-order chi connectivity index (χ0) is 16.1. The molecule has 122 valence electrons. The van der Waals surface area contributed by atoms with Crippen LogP contribution < -0.4 is 4.74 Å². The molecule has 2 aliphatic rings. The zero-order valence-electron chi connectivity index (χ0n) is 13.5. The van der Waals surface area contributed by atoms with Crippen molar-refractivity contribution in [3.05, 3.63) is 45.2 Å². The summed E-state index contributed by atoms with van der Waals surface area (Å²) in [6, 6.07) is 7.90. The van der Waals surface area contributed by atoms with Crippen LogP contribution in [0.4, 0.5) is 0 Å². The topological polar surface area (TPSA) is 26.3 Å². The molecule has 3 rings (SSSR count). The first kappa shape index (κ1) is 16.7. The van der Waals surface area contributed by atoms with Gasteiger partial charge in [-0.25, -0.2) is 0 Å². The number of carbonyl (C=O) groups excluding carboxylic acids is 1. The Morgan fingerprint density at radius 1 is 1.00 bits per heavy atom. The van der Waals surface area contributed by atoms with Crippen LogP contribution in [-0.2, 0) is 4.79 Å². The highest BCUT2D eigenvalue weighted by Crippen LogP contribution is 2.40. The Balaban J connectivity index is 1.83. The summed E-state index contributed by atoms with van der Waals surface area (Å²) in [5, 5.41) is 0. The molecule has 1 aromatic rings. The third-order valence-corrected chi connectivity index (χ3v) is 6.86. The average Bonchev–Trinajstić information content (AvgIpc) is 2.87. The van der Waals surface area contributed by atoms with E-state index in [1.165, 1.54) is 17.1 Å². The van der Waals surface area contributed by atoms with Gasteiger partial charge in [-0.15, -0.1) is 23.5 Å². The minimum atomic E-state index is 0.268. The minimum Gasteiger partial charge on any atom is -0.497 e. The van der Waals surface area contributed by atoms with E-state index in [0.29, 0.717) is 0 Å². The number of thioether (sulfide) groups is 2. The second-order valence-corrected chi connectivity index (χ2v) is 8.26. The molecule has 1 aliphatic heterocycles. The molecule has 23 heavy (non-hydrogen) atoms. The molecule has 0 bridgehead atoms. The van der Waals surface area contributed by atoms with Crippen molar-refractivity contribution in [2.24, 2.45) is 0 Å². The Morgan fingerprint density at radius 2 is 1.70 bits per heavy atom. The number of methoxy groups -OCH3 is 1. The van der Waals surface area contributed by atoms with Gasteiger partial charge in [0.2, 0.25) is 0 Å². The van der Waals surface area contributed by atoms with Crippen LogP contribution >= 0.6 is 23.5 Å². The second kappa shape index (κ2) is 8.11. The first-order chi connectivity index (χ1) is 11.3. The van der Waals surface area contributed by atoms with E-state index in [1.54, 1.807) is 7.11 Å². The molecule has 2 nitrogen and oxygen atoms in total. The number of hydrogen-bond donors (Lipinski definition) is 0. The fourth-order valence-corrected chi connectivity index (χ4v) is 5.50. The van der Waals surface area contributed by atoms with Gasteiger partial charge in [-0.3, -0.25) is 4.79 Å². The quantitative estimate of drug-likeness (QED) is 0.679. The monoisotopic (exact) mass is 346 g/mol. The Kier molecular flexibility index (Phi) is 5.90. The highest BCUT2D eigenvalue weighted by atomic mass is 32.2. The first-order valence-electron chi connectivity index (χ1n) is 8.16. The Labute approximate surface area is 146 Å². The minimum absolute atomic E-state index is 0.268. The van der Waals surface area contributed by atoms with E-state index in [1.807, 2.05) is 53.9 Å². The maximum absolute atomic E-state index is 12.9. The second-order valence-electron chi connectivity index (χ2n) is 5.80. The Morgan fingerprint density at radius 3 is 2.35 bits per heavy atom. The Hall–Kier alpha value is -1.13. The lowest BCUT2D eigenvalue weighted by Gasteiger charge is -2.19. The molecule has 1 heterocycles. The van der Waals surface area contributed by atoms with Crippen LogP contribution in [0.5, 0.6) is 5.75 Å². The third-order valence-electron chi connectivity index (χ3n) is 4.15. The number of rotatable bonds is 2. The van der Waals surface area contributed by atoms with Crippen LogP contribution in [0.25, 0.3) is 6.08 Å². The summed E-state index contributed by atoms with van der Waals surface area (Å²) >= 11 is 3.77. The summed E-state index contributed by atoms with van der Waals surface area (Å²) in [5.41, 5.74) is 3.09. The number of hydrogen-bond acceptors (Lipinski definition) is 4. The summed E-state index contributed by atoms with van der Waals surface area (Å²) < 4.78 is 6.47. The summed E-state index contributed by atoms with van der Waals surface area (Å²) in [7, 11) is 1.67. The van der Waals surface area contributed by atoms with Crippen molar-refractivity contribution in [3.63, 3.8) is 0 Å². The number of carbonyl (C=O) groups is 1. The van der Waals surface area contributed by atoms with Gasteiger partial charge in [-0.05, 0) is 67.4 Å². The molecule has 1 aliphatic carbocycles. The van der Waals surface area contributed by atoms with E-state index >= 15 is 0 Å². The third kappa shape index (κ3) is 4.24. The van der Waals surface area contributed by atoms with Crippen LogP contribution in [0, 0.1) is 0 Å². The highest BCUT2D eigenvalue weighted by Gasteiger charge is 2.24. The zero-order valence-corrected chi connectivity index (χ0v) is 15.1. The van der Waals surface area contributed by atoms with Crippen molar-refractivity contribution in [1.29, 1.82) is 0 Å². The van der Waals surface area contributed by atoms with E-state index in [9.17, 15) is 4.79 Å². The van der Waals surface area contributed by atoms with Gasteiger partial charge in [-0.2, -0.15) is 0 Å². The number of allylic oxidation sites excluding steroid dienone is 2. The number of ether oxygens (including phenoxy) is 1. The van der Waals surface area contributed by atoms with Gasteiger partial charge in [0.05, 0.1) is 7.11 Å². The molecule has 1 saturated heterocycles. The molecule has 0 radical (unpaired) electrons. The van der Waals surface area contributed by atoms with Crippen molar-refractivity contribution in [2.45, 2.75) is 32.1 Å². The lowest BCUT2D eigenvalue weighted by Crippen LogP contribution is -2.13. The number of ketones is 1. The van der Waals surface area contributed by atoms with E-state index in [0.717, 1.165) is 53.2 Å². The van der Waals surface area contributed by atoms with Crippen molar-refractivity contribution in [3.8, 4) is 5.75 Å². The lowest BCUT2D eigenvalue weighted by molar-refractivity contribution is -0.112. The summed E-state index contributed by atoms with van der Waals surface area (Å²) in [4.78, 5) is 12.9. The largest absolute Gasteiger partial charge is 0.497 e. The van der Waals surface area contributed by atoms with Crippen molar-refractivity contribution < 1.29 is 9.53 Å². The normalized spacial score (nSPS) is 21.4. The predicted molar refractivity (Wildman–Crippen MR) is 101 cm³/mol. The molecule has 0 aromatic heterocycles. The lowest BCUT2D eigenvalue weighted by atomic mass is 9.88. The maximum atomic E-state index is 12.9. The van der Waals surface area contributed by atoms with Gasteiger partial charge in [0.25, 0.3) is 0 Å². The van der Waals surface area contributed by atoms with Gasteiger partial charge < -0.3 is 4.74 Å². The van der Waals surface area contributed by atoms with Gasteiger partial charge in [0.1, 0.15) is 5.75 Å². The van der Waals surface area contributed by atoms with Crippen molar-refractivity contribution >= 4 is 35.4 Å². The molecular weight excluding hydrogens is 324 g/mol. The molecule has 0 N–H and O–H groups in total. The fourth-order valence-electron chi connectivity index (χ4n) is 2.86. The summed E-state index contributed by atoms with van der Waals surface area (Å²) in [5.74, 6) is 3.41. The summed E-state index contributed by atoms with van der Waals surface area (Å²) in [6.07, 6.45) is 7.47. The SMILES string of the molecule is COc1ccc(C=C2CCCC(=C3SCCCCS3)C2=O)cc1. The number of benzene rings is 1. The van der Waals surface area contributed by atoms with E-state index in [2.05, 4.69) is 0 Å². The van der Waals surface area contributed by atoms with Gasteiger partial charge in [-0.1, -0.05) is 12.1 Å². The smallest absolute Gasteiger partial charge is 0.186 e. The van der Waals surface area contributed by atoms with Crippen LogP contribution in [-0.4, -0.2) is 24.4 Å². The van der Waals surface area contributed by atoms with Crippen LogP contribution in [0.2, 0.25) is 0 Å². The first-order valence-corrected chi connectivity index (χ1v) is 10.1. The molecule has 0 atom stereocenters. The van der Waals surface area contributed by atoms with Gasteiger partial charge >= 0.3 is 0 Å². The predicted octanol–water partition coefficient (Wildman–Crippen LogP) is 5.30. The van der Waals surface area contributed by atoms with E-state index in [4.69, 9.17) is 4.74 Å². The van der Waals surface area contributed by atoms with Gasteiger partial charge in [0, 0.05) is 15.4 Å². The standard InChI is InChI=1S/C19H22O2S2/c1-21-16-9-7-14(8-10-16)13-15-5-4-6-17(18(15)20)19-22-11-2-3-12-23-19/h7-10,13H,2-6,11-12H2,1H3. The Bertz CT molecular complexity index is 619. The highest BCUT2D eigenvalue weighted by molar-refractivity contribution is 8.22. The van der Waals surface area contributed by atoms with Crippen LogP contribution in [0.15, 0.2) is 39.6 Å². The fraction of sp³-hybridized carbons (Fsp3) is 0.421. The van der Waals surface area contributed by atoms with E-state index in [-0.39, 0.29) is 5.78 Å².